The first-order chi connectivity index (χ1) is 9.81. The van der Waals surface area contributed by atoms with Crippen molar-refractivity contribution in [1.82, 2.24) is 4.98 Å². The standard InChI is InChI=1S/C16H13FN2S/c17-13-3-1-2-12-11(13)5-7-14(12)19-10-4-6-15-16(8-10)20-9-18-15/h1-4,6,8-9,14,19H,5,7H2. The number of nitrogens with one attached hydrogen (secondary N) is 1. The number of nitrogens with zero attached hydrogens (tertiary/aromatic N) is 1. The highest BCUT2D eigenvalue weighted by molar-refractivity contribution is 7.16. The summed E-state index contributed by atoms with van der Waals surface area (Å²) in [6, 6.07) is 11.7. The summed E-state index contributed by atoms with van der Waals surface area (Å²) < 4.78 is 14.9. The van der Waals surface area contributed by atoms with Gasteiger partial charge >= 0.3 is 0 Å². The van der Waals surface area contributed by atoms with Crippen LogP contribution in [0.15, 0.2) is 41.9 Å². The van der Waals surface area contributed by atoms with E-state index in [9.17, 15) is 4.39 Å². The molecule has 100 valence electrons. The predicted molar refractivity (Wildman–Crippen MR) is 80.7 cm³/mol. The fourth-order valence-electron chi connectivity index (χ4n) is 2.91. The zero-order valence-electron chi connectivity index (χ0n) is 10.8. The molecule has 2 nitrogen and oxygen atoms in total. The van der Waals surface area contributed by atoms with Crippen LogP contribution in [0.2, 0.25) is 0 Å². The van der Waals surface area contributed by atoms with Crippen LogP contribution in [-0.4, -0.2) is 4.98 Å². The van der Waals surface area contributed by atoms with Crippen LogP contribution in [0.3, 0.4) is 0 Å². The maximum absolute atomic E-state index is 13.7. The molecule has 20 heavy (non-hydrogen) atoms. The van der Waals surface area contributed by atoms with Gasteiger partial charge in [0, 0.05) is 5.69 Å². The average Bonchev–Trinajstić information content (AvgIpc) is 3.06. The molecular weight excluding hydrogens is 271 g/mol. The minimum Gasteiger partial charge on any atom is -0.378 e. The molecule has 4 heteroatoms. The highest BCUT2D eigenvalue weighted by Crippen LogP contribution is 2.35. The number of halogens is 1. The molecule has 1 aliphatic carbocycles. The smallest absolute Gasteiger partial charge is 0.126 e. The Morgan fingerprint density at radius 1 is 1.25 bits per heavy atom. The van der Waals surface area contributed by atoms with Crippen molar-refractivity contribution in [3.63, 3.8) is 0 Å². The lowest BCUT2D eigenvalue weighted by Crippen LogP contribution is -2.06. The molecule has 0 saturated carbocycles. The summed E-state index contributed by atoms with van der Waals surface area (Å²) in [5, 5.41) is 3.52. The van der Waals surface area contributed by atoms with Gasteiger partial charge in [0.15, 0.2) is 0 Å². The van der Waals surface area contributed by atoms with Crippen LogP contribution in [0.1, 0.15) is 23.6 Å². The fourth-order valence-corrected chi connectivity index (χ4v) is 3.62. The second-order valence-electron chi connectivity index (χ2n) is 5.08. The van der Waals surface area contributed by atoms with Gasteiger partial charge in [0.2, 0.25) is 0 Å². The molecule has 0 spiro atoms. The summed E-state index contributed by atoms with van der Waals surface area (Å²) in [4.78, 5) is 4.28. The second kappa shape index (κ2) is 4.56. The Kier molecular flexibility index (Phi) is 2.70. The van der Waals surface area contributed by atoms with Crippen LogP contribution in [-0.2, 0) is 6.42 Å². The van der Waals surface area contributed by atoms with Crippen LogP contribution >= 0.6 is 11.3 Å². The summed E-state index contributed by atoms with van der Waals surface area (Å²) in [6.45, 7) is 0. The van der Waals surface area contributed by atoms with Crippen LogP contribution in [0, 0.1) is 5.82 Å². The number of hydrogen-bond donors (Lipinski definition) is 1. The van der Waals surface area contributed by atoms with Gasteiger partial charge in [-0.2, -0.15) is 0 Å². The van der Waals surface area contributed by atoms with E-state index >= 15 is 0 Å². The van der Waals surface area contributed by atoms with Crippen molar-refractivity contribution in [2.75, 3.05) is 5.32 Å². The molecule has 0 fully saturated rings. The van der Waals surface area contributed by atoms with E-state index in [0.717, 1.165) is 35.2 Å². The van der Waals surface area contributed by atoms with E-state index in [1.807, 2.05) is 23.7 Å². The Hall–Kier alpha value is -1.94. The number of fused-ring (bicyclic) bond motifs is 2. The topological polar surface area (TPSA) is 24.9 Å². The van der Waals surface area contributed by atoms with Gasteiger partial charge in [0.25, 0.3) is 0 Å². The number of anilines is 1. The minimum atomic E-state index is -0.0790. The van der Waals surface area contributed by atoms with Crippen LogP contribution in [0.25, 0.3) is 10.2 Å². The summed E-state index contributed by atoms with van der Waals surface area (Å²) in [6.07, 6.45) is 1.75. The Morgan fingerprint density at radius 3 is 3.15 bits per heavy atom. The van der Waals surface area contributed by atoms with Crippen molar-refractivity contribution < 1.29 is 4.39 Å². The maximum atomic E-state index is 13.7. The first-order valence-corrected chi connectivity index (χ1v) is 7.56. The van der Waals surface area contributed by atoms with Gasteiger partial charge in [0.1, 0.15) is 5.82 Å². The van der Waals surface area contributed by atoms with Gasteiger partial charge in [-0.15, -0.1) is 11.3 Å². The van der Waals surface area contributed by atoms with Gasteiger partial charge in [-0.3, -0.25) is 0 Å². The normalized spacial score (nSPS) is 17.4. The number of thiazole rings is 1. The molecule has 1 atom stereocenters. The van der Waals surface area contributed by atoms with E-state index in [0.29, 0.717) is 0 Å². The third-order valence-electron chi connectivity index (χ3n) is 3.89. The molecule has 0 radical (unpaired) electrons. The molecule has 0 amide bonds. The average molecular weight is 284 g/mol. The summed E-state index contributed by atoms with van der Waals surface area (Å²) in [5.74, 6) is -0.0790. The predicted octanol–water partition coefficient (Wildman–Crippen LogP) is 4.53. The second-order valence-corrected chi connectivity index (χ2v) is 5.96. The molecule has 1 aliphatic rings. The summed E-state index contributed by atoms with van der Waals surface area (Å²) in [5.41, 5.74) is 5.91. The molecule has 0 aliphatic heterocycles. The van der Waals surface area contributed by atoms with Crippen molar-refractivity contribution >= 4 is 27.2 Å². The van der Waals surface area contributed by atoms with E-state index in [1.54, 1.807) is 23.5 Å². The Labute approximate surface area is 120 Å². The van der Waals surface area contributed by atoms with E-state index in [1.165, 1.54) is 4.70 Å². The molecule has 4 rings (SSSR count). The zero-order chi connectivity index (χ0) is 13.5. The van der Waals surface area contributed by atoms with Gasteiger partial charge < -0.3 is 5.32 Å². The van der Waals surface area contributed by atoms with Crippen molar-refractivity contribution in [1.29, 1.82) is 0 Å². The van der Waals surface area contributed by atoms with Crippen LogP contribution in [0.5, 0.6) is 0 Å². The first kappa shape index (κ1) is 11.9. The number of benzene rings is 2. The summed E-state index contributed by atoms with van der Waals surface area (Å²) in [7, 11) is 0. The van der Waals surface area contributed by atoms with Gasteiger partial charge in [-0.1, -0.05) is 12.1 Å². The highest BCUT2D eigenvalue weighted by Gasteiger charge is 2.24. The molecule has 1 aromatic heterocycles. The molecule has 2 aromatic carbocycles. The summed E-state index contributed by atoms with van der Waals surface area (Å²) >= 11 is 1.64. The Morgan fingerprint density at radius 2 is 2.20 bits per heavy atom. The Balaban J connectivity index is 1.66. The zero-order valence-corrected chi connectivity index (χ0v) is 11.6. The lowest BCUT2D eigenvalue weighted by molar-refractivity contribution is 0.612. The van der Waals surface area contributed by atoms with E-state index in [-0.39, 0.29) is 11.9 Å². The van der Waals surface area contributed by atoms with E-state index in [2.05, 4.69) is 16.4 Å². The third-order valence-corrected chi connectivity index (χ3v) is 4.68. The molecule has 0 saturated heterocycles. The van der Waals surface area contributed by atoms with E-state index < -0.39 is 0 Å². The number of aromatic nitrogens is 1. The van der Waals surface area contributed by atoms with Crippen LogP contribution < -0.4 is 5.32 Å². The van der Waals surface area contributed by atoms with Crippen molar-refractivity contribution in [3.8, 4) is 0 Å². The van der Waals surface area contributed by atoms with Crippen molar-refractivity contribution in [2.24, 2.45) is 0 Å². The minimum absolute atomic E-state index is 0.0790. The lowest BCUT2D eigenvalue weighted by Gasteiger charge is -2.15. The molecule has 1 unspecified atom stereocenters. The fraction of sp³-hybridized carbons (Fsp3) is 0.188. The SMILES string of the molecule is Fc1cccc2c1CCC2Nc1ccc2ncsc2c1. The number of hydrogen-bond acceptors (Lipinski definition) is 3. The monoisotopic (exact) mass is 284 g/mol. The van der Waals surface area contributed by atoms with Crippen molar-refractivity contribution in [2.45, 2.75) is 18.9 Å². The Bertz CT molecular complexity index is 781. The molecule has 1 heterocycles. The van der Waals surface area contributed by atoms with Crippen LogP contribution in [0.4, 0.5) is 10.1 Å². The van der Waals surface area contributed by atoms with Gasteiger partial charge in [0.05, 0.1) is 21.8 Å². The molecule has 1 N–H and O–H groups in total. The van der Waals surface area contributed by atoms with Gasteiger partial charge in [-0.05, 0) is 48.2 Å². The largest absolute Gasteiger partial charge is 0.378 e. The third kappa shape index (κ3) is 1.88. The number of rotatable bonds is 2. The van der Waals surface area contributed by atoms with Crippen molar-refractivity contribution in [3.05, 3.63) is 58.9 Å². The quantitative estimate of drug-likeness (QED) is 0.747. The van der Waals surface area contributed by atoms with Gasteiger partial charge in [-0.25, -0.2) is 9.37 Å². The molecule has 0 bridgehead atoms. The highest BCUT2D eigenvalue weighted by atomic mass is 32.1. The first-order valence-electron chi connectivity index (χ1n) is 6.68. The van der Waals surface area contributed by atoms with E-state index in [4.69, 9.17) is 0 Å². The molecule has 3 aromatic rings. The molecular formula is C16H13FN2S. The lowest BCUT2D eigenvalue weighted by atomic mass is 10.1. The maximum Gasteiger partial charge on any atom is 0.126 e.